The lowest BCUT2D eigenvalue weighted by Crippen LogP contribution is -2.52. The van der Waals surface area contributed by atoms with Gasteiger partial charge in [0.25, 0.3) is 0 Å². The van der Waals surface area contributed by atoms with Crippen LogP contribution in [-0.2, 0) is 0 Å². The Bertz CT molecular complexity index is 430. The Labute approximate surface area is 149 Å². The maximum Gasteiger partial charge on any atom is 0.401 e. The molecule has 25 heavy (non-hydrogen) atoms. The summed E-state index contributed by atoms with van der Waals surface area (Å²) in [4.78, 5) is 8.40. The molecule has 0 amide bonds. The summed E-state index contributed by atoms with van der Waals surface area (Å²) in [5.74, 6) is 0.740. The molecule has 2 heterocycles. The zero-order chi connectivity index (χ0) is 18.4. The molecule has 2 fully saturated rings. The topological polar surface area (TPSA) is 42.9 Å². The molecule has 0 aliphatic carbocycles. The molecule has 146 valence electrons. The van der Waals surface area contributed by atoms with E-state index in [1.807, 2.05) is 6.92 Å². The third kappa shape index (κ3) is 7.01. The second kappa shape index (κ2) is 9.07. The lowest BCUT2D eigenvalue weighted by molar-refractivity contribution is -0.143. The minimum Gasteiger partial charge on any atom is -0.354 e. The molecule has 1 unspecified atom stereocenters. The minimum atomic E-state index is -4.13. The fourth-order valence-electron chi connectivity index (χ4n) is 3.59. The molecule has 2 saturated heterocycles. The predicted octanol–water partition coefficient (Wildman–Crippen LogP) is 2.05. The fourth-order valence-corrected chi connectivity index (χ4v) is 3.59. The Balaban J connectivity index is 1.79. The van der Waals surface area contributed by atoms with Crippen LogP contribution in [0.25, 0.3) is 0 Å². The van der Waals surface area contributed by atoms with Gasteiger partial charge >= 0.3 is 6.18 Å². The van der Waals surface area contributed by atoms with Crippen molar-refractivity contribution in [2.75, 3.05) is 39.3 Å². The Morgan fingerprint density at radius 1 is 1.08 bits per heavy atom. The van der Waals surface area contributed by atoms with Crippen LogP contribution in [0.15, 0.2) is 4.99 Å². The summed E-state index contributed by atoms with van der Waals surface area (Å²) in [6.07, 6.45) is -1.29. The van der Waals surface area contributed by atoms with Gasteiger partial charge in [-0.3, -0.25) is 9.89 Å². The Morgan fingerprint density at radius 2 is 1.68 bits per heavy atom. The van der Waals surface area contributed by atoms with E-state index in [0.717, 1.165) is 31.9 Å². The Hall–Kier alpha value is -1.02. The van der Waals surface area contributed by atoms with Gasteiger partial charge in [-0.05, 0) is 40.0 Å². The van der Waals surface area contributed by atoms with Crippen LogP contribution in [-0.4, -0.2) is 79.3 Å². The molecule has 0 saturated carbocycles. The number of nitrogens with one attached hydrogen (secondary N) is 2. The molecule has 8 heteroatoms. The first kappa shape index (κ1) is 20.3. The maximum absolute atomic E-state index is 12.5. The van der Waals surface area contributed by atoms with Crippen molar-refractivity contribution >= 4 is 5.96 Å². The highest BCUT2D eigenvalue weighted by atomic mass is 19.4. The van der Waals surface area contributed by atoms with E-state index in [-0.39, 0.29) is 6.04 Å². The summed E-state index contributed by atoms with van der Waals surface area (Å²) in [5, 5.41) is 6.81. The SMILES string of the molecule is CCN=C(NC1CCN(C(C)C)CC1)NC1CCN(CC(F)(F)F)C1. The van der Waals surface area contributed by atoms with E-state index in [2.05, 4.69) is 34.4 Å². The molecule has 0 radical (unpaired) electrons. The summed E-state index contributed by atoms with van der Waals surface area (Å²) in [6, 6.07) is 0.970. The van der Waals surface area contributed by atoms with Crippen LogP contribution in [0.1, 0.15) is 40.0 Å². The van der Waals surface area contributed by atoms with Gasteiger partial charge in [-0.2, -0.15) is 13.2 Å². The van der Waals surface area contributed by atoms with E-state index in [4.69, 9.17) is 0 Å². The van der Waals surface area contributed by atoms with Gasteiger partial charge in [-0.1, -0.05) is 0 Å². The van der Waals surface area contributed by atoms with Crippen molar-refractivity contribution in [3.8, 4) is 0 Å². The molecule has 1 atom stereocenters. The van der Waals surface area contributed by atoms with Crippen LogP contribution in [0.2, 0.25) is 0 Å². The average molecular weight is 363 g/mol. The van der Waals surface area contributed by atoms with Gasteiger partial charge in [0.2, 0.25) is 0 Å². The quantitative estimate of drug-likeness (QED) is 0.580. The van der Waals surface area contributed by atoms with Gasteiger partial charge < -0.3 is 15.5 Å². The number of piperidine rings is 1. The molecule has 0 aromatic rings. The molecular weight excluding hydrogens is 331 g/mol. The number of rotatable bonds is 5. The van der Waals surface area contributed by atoms with Gasteiger partial charge in [0.1, 0.15) is 0 Å². The summed E-state index contributed by atoms with van der Waals surface area (Å²) in [5.41, 5.74) is 0. The van der Waals surface area contributed by atoms with E-state index in [0.29, 0.717) is 38.1 Å². The molecule has 0 bridgehead atoms. The number of likely N-dealkylation sites (tertiary alicyclic amines) is 2. The zero-order valence-electron chi connectivity index (χ0n) is 15.6. The van der Waals surface area contributed by atoms with E-state index in [1.165, 1.54) is 4.90 Å². The summed E-state index contributed by atoms with van der Waals surface area (Å²) in [7, 11) is 0. The number of hydrogen-bond acceptors (Lipinski definition) is 3. The van der Waals surface area contributed by atoms with Gasteiger partial charge in [0.05, 0.1) is 6.54 Å². The van der Waals surface area contributed by atoms with Crippen LogP contribution >= 0.6 is 0 Å². The van der Waals surface area contributed by atoms with Crippen LogP contribution in [0.4, 0.5) is 13.2 Å². The second-order valence-corrected chi connectivity index (χ2v) is 7.35. The van der Waals surface area contributed by atoms with Crippen LogP contribution < -0.4 is 10.6 Å². The molecule has 2 aliphatic heterocycles. The van der Waals surface area contributed by atoms with Crippen LogP contribution in [0.5, 0.6) is 0 Å². The standard InChI is InChI=1S/C17H32F3N5/c1-4-21-16(22-14-6-9-25(10-7-14)13(2)3)23-15-5-8-24(11-15)12-17(18,19)20/h13-15H,4-12H2,1-3H3,(H2,21,22,23). The normalized spacial score (nSPS) is 24.9. The first-order valence-electron chi connectivity index (χ1n) is 9.37. The van der Waals surface area contributed by atoms with Gasteiger partial charge in [0, 0.05) is 50.8 Å². The fraction of sp³-hybridized carbons (Fsp3) is 0.941. The Morgan fingerprint density at radius 3 is 2.24 bits per heavy atom. The van der Waals surface area contributed by atoms with Gasteiger partial charge in [-0.15, -0.1) is 0 Å². The molecule has 2 rings (SSSR count). The first-order chi connectivity index (χ1) is 11.8. The van der Waals surface area contributed by atoms with E-state index >= 15 is 0 Å². The molecular formula is C17H32F3N5. The summed E-state index contributed by atoms with van der Waals surface area (Å²) < 4.78 is 37.5. The lowest BCUT2D eigenvalue weighted by atomic mass is 10.0. The number of halogens is 3. The Kier molecular flexibility index (Phi) is 7.37. The van der Waals surface area contributed by atoms with Crippen molar-refractivity contribution in [3.63, 3.8) is 0 Å². The van der Waals surface area contributed by atoms with Crippen molar-refractivity contribution < 1.29 is 13.2 Å². The summed E-state index contributed by atoms with van der Waals surface area (Å²) >= 11 is 0. The highest BCUT2D eigenvalue weighted by molar-refractivity contribution is 5.80. The molecule has 5 nitrogen and oxygen atoms in total. The van der Waals surface area contributed by atoms with Gasteiger partial charge in [0.15, 0.2) is 5.96 Å². The van der Waals surface area contributed by atoms with Crippen LogP contribution in [0, 0.1) is 0 Å². The van der Waals surface area contributed by atoms with E-state index in [1.54, 1.807) is 0 Å². The number of nitrogens with zero attached hydrogens (tertiary/aromatic N) is 3. The predicted molar refractivity (Wildman–Crippen MR) is 94.9 cm³/mol. The smallest absolute Gasteiger partial charge is 0.354 e. The molecule has 0 aromatic heterocycles. The minimum absolute atomic E-state index is 0.0240. The number of aliphatic imine (C=N–C) groups is 1. The van der Waals surface area contributed by atoms with E-state index in [9.17, 15) is 13.2 Å². The third-order valence-corrected chi connectivity index (χ3v) is 4.93. The van der Waals surface area contributed by atoms with Crippen molar-refractivity contribution in [1.82, 2.24) is 20.4 Å². The number of alkyl halides is 3. The highest BCUT2D eigenvalue weighted by Crippen LogP contribution is 2.20. The maximum atomic E-state index is 12.5. The van der Waals surface area contributed by atoms with Crippen molar-refractivity contribution in [2.45, 2.75) is 64.3 Å². The van der Waals surface area contributed by atoms with Gasteiger partial charge in [-0.25, -0.2) is 0 Å². The van der Waals surface area contributed by atoms with E-state index < -0.39 is 12.7 Å². The van der Waals surface area contributed by atoms with Crippen molar-refractivity contribution in [3.05, 3.63) is 0 Å². The molecule has 2 aliphatic rings. The molecule has 2 N–H and O–H groups in total. The molecule has 0 spiro atoms. The lowest BCUT2D eigenvalue weighted by Gasteiger charge is -2.35. The monoisotopic (exact) mass is 363 g/mol. The summed E-state index contributed by atoms with van der Waals surface area (Å²) in [6.45, 7) is 9.24. The highest BCUT2D eigenvalue weighted by Gasteiger charge is 2.34. The van der Waals surface area contributed by atoms with Crippen molar-refractivity contribution in [2.24, 2.45) is 4.99 Å². The van der Waals surface area contributed by atoms with Crippen molar-refractivity contribution in [1.29, 1.82) is 0 Å². The first-order valence-corrected chi connectivity index (χ1v) is 9.37. The molecule has 0 aromatic carbocycles. The third-order valence-electron chi connectivity index (χ3n) is 4.93. The van der Waals surface area contributed by atoms with Crippen LogP contribution in [0.3, 0.4) is 0 Å². The number of hydrogen-bond donors (Lipinski definition) is 2. The zero-order valence-corrected chi connectivity index (χ0v) is 15.6. The second-order valence-electron chi connectivity index (χ2n) is 7.35. The number of guanidine groups is 1. The average Bonchev–Trinajstić information content (AvgIpc) is 2.93. The largest absolute Gasteiger partial charge is 0.401 e.